The van der Waals surface area contributed by atoms with Crippen LogP contribution in [0.1, 0.15) is 23.7 Å². The average molecular weight is 431 g/mol. The number of sulfone groups is 1. The quantitative estimate of drug-likeness (QED) is 0.701. The van der Waals surface area contributed by atoms with Crippen molar-refractivity contribution in [1.29, 1.82) is 0 Å². The van der Waals surface area contributed by atoms with E-state index in [4.69, 9.17) is 11.6 Å². The molecule has 2 rings (SSSR count). The Morgan fingerprint density at radius 3 is 2.15 bits per heavy atom. The lowest BCUT2D eigenvalue weighted by atomic mass is 10.2. The first-order chi connectivity index (χ1) is 12.5. The molecule has 27 heavy (non-hydrogen) atoms. The second kappa shape index (κ2) is 8.28. The molecule has 0 aliphatic heterocycles. The summed E-state index contributed by atoms with van der Waals surface area (Å²) in [5.41, 5.74) is 0.939. The third-order valence-electron chi connectivity index (χ3n) is 3.48. The number of rotatable bonds is 7. The maximum absolute atomic E-state index is 12.3. The van der Waals surface area contributed by atoms with Gasteiger partial charge in [0.05, 0.1) is 15.7 Å². The fourth-order valence-corrected chi connectivity index (χ4v) is 4.69. The Hall–Kier alpha value is -2.10. The Balaban J connectivity index is 2.15. The number of anilines is 2. The SMILES string of the molecule is CCCS(=O)(=O)Nc1ccc(NC(=O)c2ccc(Cl)c(S(C)(=O)=O)c2)cc1. The fraction of sp³-hybridized carbons (Fsp3) is 0.235. The van der Waals surface area contributed by atoms with E-state index in [1.807, 2.05) is 0 Å². The topological polar surface area (TPSA) is 109 Å². The first-order valence-electron chi connectivity index (χ1n) is 7.93. The summed E-state index contributed by atoms with van der Waals surface area (Å²) >= 11 is 5.87. The maximum atomic E-state index is 12.3. The summed E-state index contributed by atoms with van der Waals surface area (Å²) in [6.07, 6.45) is 1.51. The van der Waals surface area contributed by atoms with Crippen LogP contribution in [0.15, 0.2) is 47.4 Å². The molecular formula is C17H19ClN2O5S2. The summed E-state index contributed by atoms with van der Waals surface area (Å²) in [7, 11) is -6.96. The standard InChI is InChI=1S/C17H19ClN2O5S2/c1-3-10-27(24,25)20-14-7-5-13(6-8-14)19-17(21)12-4-9-15(18)16(11-12)26(2,22)23/h4-9,11,20H,3,10H2,1-2H3,(H,19,21). The average Bonchev–Trinajstić information content (AvgIpc) is 2.55. The molecule has 0 heterocycles. The molecule has 0 bridgehead atoms. The highest BCUT2D eigenvalue weighted by molar-refractivity contribution is 7.92. The van der Waals surface area contributed by atoms with Crippen molar-refractivity contribution in [2.45, 2.75) is 18.2 Å². The van der Waals surface area contributed by atoms with Gasteiger partial charge in [-0.3, -0.25) is 9.52 Å². The summed E-state index contributed by atoms with van der Waals surface area (Å²) in [5.74, 6) is -0.499. The van der Waals surface area contributed by atoms with Crippen molar-refractivity contribution >= 4 is 48.7 Å². The molecule has 0 spiro atoms. The summed E-state index contributed by atoms with van der Waals surface area (Å²) in [6, 6.07) is 10.1. The molecule has 0 aliphatic carbocycles. The predicted octanol–water partition coefficient (Wildman–Crippen LogP) is 3.15. The molecule has 0 aliphatic rings. The Kier molecular flexibility index (Phi) is 6.50. The van der Waals surface area contributed by atoms with Gasteiger partial charge in [-0.1, -0.05) is 18.5 Å². The molecule has 2 aromatic rings. The zero-order valence-corrected chi connectivity index (χ0v) is 17.1. The van der Waals surface area contributed by atoms with Crippen LogP contribution in [-0.2, 0) is 19.9 Å². The van der Waals surface area contributed by atoms with Gasteiger partial charge >= 0.3 is 0 Å². The Morgan fingerprint density at radius 2 is 1.59 bits per heavy atom. The molecule has 2 N–H and O–H groups in total. The van der Waals surface area contributed by atoms with Crippen molar-refractivity contribution in [2.24, 2.45) is 0 Å². The second-order valence-corrected chi connectivity index (χ2v) is 10.1. The van der Waals surface area contributed by atoms with Gasteiger partial charge in [-0.25, -0.2) is 16.8 Å². The lowest BCUT2D eigenvalue weighted by Crippen LogP contribution is -2.16. The highest BCUT2D eigenvalue weighted by Crippen LogP contribution is 2.23. The third kappa shape index (κ3) is 5.95. The zero-order valence-electron chi connectivity index (χ0n) is 14.7. The van der Waals surface area contributed by atoms with E-state index >= 15 is 0 Å². The number of halogens is 1. The van der Waals surface area contributed by atoms with Crippen LogP contribution in [0.5, 0.6) is 0 Å². The molecule has 0 saturated carbocycles. The summed E-state index contributed by atoms with van der Waals surface area (Å²) in [5, 5.41) is 2.66. The molecule has 0 fully saturated rings. The molecule has 146 valence electrons. The van der Waals surface area contributed by atoms with Crippen LogP contribution >= 0.6 is 11.6 Å². The minimum absolute atomic E-state index is 0.0186. The van der Waals surface area contributed by atoms with E-state index in [2.05, 4.69) is 10.0 Å². The maximum Gasteiger partial charge on any atom is 0.255 e. The van der Waals surface area contributed by atoms with Crippen LogP contribution in [-0.4, -0.2) is 34.8 Å². The van der Waals surface area contributed by atoms with E-state index in [0.29, 0.717) is 17.8 Å². The van der Waals surface area contributed by atoms with Crippen molar-refractivity contribution in [2.75, 3.05) is 22.0 Å². The van der Waals surface area contributed by atoms with Crippen LogP contribution < -0.4 is 10.0 Å². The first-order valence-corrected chi connectivity index (χ1v) is 11.9. The molecule has 7 nitrogen and oxygen atoms in total. The van der Waals surface area contributed by atoms with Gasteiger partial charge in [-0.05, 0) is 48.9 Å². The largest absolute Gasteiger partial charge is 0.322 e. The zero-order chi connectivity index (χ0) is 20.2. The highest BCUT2D eigenvalue weighted by atomic mass is 35.5. The van der Waals surface area contributed by atoms with Gasteiger partial charge in [-0.15, -0.1) is 0 Å². The van der Waals surface area contributed by atoms with Crippen LogP contribution in [0, 0.1) is 0 Å². The van der Waals surface area contributed by atoms with Crippen molar-refractivity contribution in [3.8, 4) is 0 Å². The fourth-order valence-electron chi connectivity index (χ4n) is 2.25. The summed E-state index contributed by atoms with van der Waals surface area (Å²) < 4.78 is 49.4. The molecule has 0 aromatic heterocycles. The monoisotopic (exact) mass is 430 g/mol. The van der Waals surface area contributed by atoms with Gasteiger partial charge in [0.15, 0.2) is 9.84 Å². The highest BCUT2D eigenvalue weighted by Gasteiger charge is 2.16. The van der Waals surface area contributed by atoms with Crippen LogP contribution in [0.2, 0.25) is 5.02 Å². The molecular weight excluding hydrogens is 412 g/mol. The van der Waals surface area contributed by atoms with Crippen molar-refractivity contribution in [1.82, 2.24) is 0 Å². The third-order valence-corrected chi connectivity index (χ3v) is 6.55. The lowest BCUT2D eigenvalue weighted by Gasteiger charge is -2.10. The number of carbonyl (C=O) groups is 1. The van der Waals surface area contributed by atoms with Crippen LogP contribution in [0.3, 0.4) is 0 Å². The molecule has 10 heteroatoms. The molecule has 0 atom stereocenters. The van der Waals surface area contributed by atoms with Crippen molar-refractivity contribution in [3.63, 3.8) is 0 Å². The van der Waals surface area contributed by atoms with Crippen LogP contribution in [0.25, 0.3) is 0 Å². The molecule has 2 aromatic carbocycles. The Morgan fingerprint density at radius 1 is 1.00 bits per heavy atom. The van der Waals surface area contributed by atoms with Gasteiger partial charge in [0, 0.05) is 23.2 Å². The Bertz CT molecular complexity index is 1050. The number of hydrogen-bond acceptors (Lipinski definition) is 5. The number of amides is 1. The van der Waals surface area contributed by atoms with E-state index in [-0.39, 0.29) is 21.2 Å². The number of sulfonamides is 1. The van der Waals surface area contributed by atoms with Crippen molar-refractivity contribution in [3.05, 3.63) is 53.1 Å². The predicted molar refractivity (Wildman–Crippen MR) is 107 cm³/mol. The number of hydrogen-bond donors (Lipinski definition) is 2. The molecule has 0 radical (unpaired) electrons. The van der Waals surface area contributed by atoms with Crippen LogP contribution in [0.4, 0.5) is 11.4 Å². The lowest BCUT2D eigenvalue weighted by molar-refractivity contribution is 0.102. The van der Waals surface area contributed by atoms with E-state index in [9.17, 15) is 21.6 Å². The minimum atomic E-state index is -3.57. The van der Waals surface area contributed by atoms with Gasteiger partial charge in [0.25, 0.3) is 5.91 Å². The molecule has 0 saturated heterocycles. The van der Waals surface area contributed by atoms with E-state index in [1.165, 1.54) is 42.5 Å². The van der Waals surface area contributed by atoms with Crippen molar-refractivity contribution < 1.29 is 21.6 Å². The smallest absolute Gasteiger partial charge is 0.255 e. The second-order valence-electron chi connectivity index (χ2n) is 5.87. The van der Waals surface area contributed by atoms with E-state index < -0.39 is 25.8 Å². The Labute approximate surface area is 163 Å². The summed E-state index contributed by atoms with van der Waals surface area (Å²) in [4.78, 5) is 12.2. The molecule has 0 unspecified atom stereocenters. The minimum Gasteiger partial charge on any atom is -0.322 e. The number of benzene rings is 2. The van der Waals surface area contributed by atoms with Gasteiger partial charge in [-0.2, -0.15) is 0 Å². The van der Waals surface area contributed by atoms with Gasteiger partial charge in [0.1, 0.15) is 0 Å². The summed E-state index contributed by atoms with van der Waals surface area (Å²) in [6.45, 7) is 1.77. The normalized spacial score (nSPS) is 11.8. The van der Waals surface area contributed by atoms with Gasteiger partial charge < -0.3 is 5.32 Å². The number of carbonyl (C=O) groups excluding carboxylic acids is 1. The first kappa shape index (κ1) is 21.2. The number of nitrogens with one attached hydrogen (secondary N) is 2. The van der Waals surface area contributed by atoms with E-state index in [0.717, 1.165) is 6.26 Å². The van der Waals surface area contributed by atoms with E-state index in [1.54, 1.807) is 6.92 Å². The van der Waals surface area contributed by atoms with Gasteiger partial charge in [0.2, 0.25) is 10.0 Å². The molecule has 1 amide bonds.